The molecule has 0 amide bonds. The van der Waals surface area contributed by atoms with Gasteiger partial charge in [-0.2, -0.15) is 0 Å². The standard InChI is InChI=1S/C11H8Cl2N2O2/c1-15-10(16)8(9(13)14-11(15)17)6-2-4-7(12)5-3-6/h2-5H,1H3,(H,14,17). The predicted molar refractivity (Wildman–Crippen MR) is 67.8 cm³/mol. The molecule has 6 heteroatoms. The highest BCUT2D eigenvalue weighted by molar-refractivity contribution is 6.32. The van der Waals surface area contributed by atoms with Crippen molar-refractivity contribution in [2.24, 2.45) is 7.05 Å². The van der Waals surface area contributed by atoms with Crippen LogP contribution in [0.15, 0.2) is 33.9 Å². The molecular formula is C11H8Cl2N2O2. The molecule has 17 heavy (non-hydrogen) atoms. The zero-order valence-corrected chi connectivity index (χ0v) is 10.3. The molecule has 0 unspecified atom stereocenters. The van der Waals surface area contributed by atoms with Crippen LogP contribution in [-0.2, 0) is 7.05 Å². The summed E-state index contributed by atoms with van der Waals surface area (Å²) in [6, 6.07) is 6.64. The smallest absolute Gasteiger partial charge is 0.297 e. The number of benzene rings is 1. The lowest BCUT2D eigenvalue weighted by atomic mass is 10.1. The molecule has 0 atom stereocenters. The van der Waals surface area contributed by atoms with Crippen molar-refractivity contribution in [1.29, 1.82) is 0 Å². The normalized spacial score (nSPS) is 10.5. The molecule has 0 aliphatic carbocycles. The van der Waals surface area contributed by atoms with E-state index in [1.807, 2.05) is 0 Å². The Kier molecular flexibility index (Phi) is 3.09. The molecule has 0 aliphatic rings. The largest absolute Gasteiger partial charge is 0.329 e. The Hall–Kier alpha value is -1.52. The summed E-state index contributed by atoms with van der Waals surface area (Å²) in [6.07, 6.45) is 0. The summed E-state index contributed by atoms with van der Waals surface area (Å²) in [4.78, 5) is 25.6. The molecule has 0 aliphatic heterocycles. The fourth-order valence-corrected chi connectivity index (χ4v) is 1.86. The second-order valence-electron chi connectivity index (χ2n) is 3.49. The summed E-state index contributed by atoms with van der Waals surface area (Å²) in [7, 11) is 1.39. The third-order valence-corrected chi connectivity index (χ3v) is 2.93. The lowest BCUT2D eigenvalue weighted by Crippen LogP contribution is -2.33. The van der Waals surface area contributed by atoms with Gasteiger partial charge < -0.3 is 0 Å². The van der Waals surface area contributed by atoms with Crippen LogP contribution in [0.1, 0.15) is 0 Å². The van der Waals surface area contributed by atoms with Gasteiger partial charge in [0.05, 0.1) is 5.56 Å². The summed E-state index contributed by atoms with van der Waals surface area (Å²) in [5, 5.41) is 0.589. The van der Waals surface area contributed by atoms with Crippen LogP contribution in [0.5, 0.6) is 0 Å². The van der Waals surface area contributed by atoms with Gasteiger partial charge in [-0.25, -0.2) is 4.79 Å². The molecule has 1 aromatic carbocycles. The summed E-state index contributed by atoms with van der Waals surface area (Å²) in [6.45, 7) is 0. The number of nitrogens with zero attached hydrogens (tertiary/aromatic N) is 1. The van der Waals surface area contributed by atoms with Crippen molar-refractivity contribution in [3.8, 4) is 11.1 Å². The summed E-state index contributed by atoms with van der Waals surface area (Å²) < 4.78 is 0.968. The van der Waals surface area contributed by atoms with Crippen molar-refractivity contribution in [2.75, 3.05) is 0 Å². The van der Waals surface area contributed by atoms with Crippen LogP contribution in [0.25, 0.3) is 11.1 Å². The van der Waals surface area contributed by atoms with Gasteiger partial charge in [0.1, 0.15) is 5.15 Å². The number of aromatic amines is 1. The van der Waals surface area contributed by atoms with Gasteiger partial charge in [0, 0.05) is 12.1 Å². The highest BCUT2D eigenvalue weighted by Gasteiger charge is 2.12. The third-order valence-electron chi connectivity index (χ3n) is 2.39. The minimum atomic E-state index is -0.544. The fraction of sp³-hybridized carbons (Fsp3) is 0.0909. The van der Waals surface area contributed by atoms with Gasteiger partial charge in [0.25, 0.3) is 5.56 Å². The summed E-state index contributed by atoms with van der Waals surface area (Å²) in [5.74, 6) is 0. The molecule has 0 bridgehead atoms. The maximum atomic E-state index is 11.9. The van der Waals surface area contributed by atoms with E-state index in [0.717, 1.165) is 4.57 Å². The first kappa shape index (κ1) is 12.0. The van der Waals surface area contributed by atoms with Crippen LogP contribution >= 0.6 is 23.2 Å². The molecule has 1 heterocycles. The van der Waals surface area contributed by atoms with E-state index in [9.17, 15) is 9.59 Å². The molecule has 2 aromatic rings. The lowest BCUT2D eigenvalue weighted by Gasteiger charge is -2.05. The first-order valence-electron chi connectivity index (χ1n) is 4.75. The number of H-pyrrole nitrogens is 1. The van der Waals surface area contributed by atoms with Crippen molar-refractivity contribution in [2.45, 2.75) is 0 Å². The minimum absolute atomic E-state index is 0.0282. The van der Waals surface area contributed by atoms with Crippen molar-refractivity contribution in [3.05, 3.63) is 55.3 Å². The van der Waals surface area contributed by atoms with Crippen molar-refractivity contribution in [1.82, 2.24) is 9.55 Å². The van der Waals surface area contributed by atoms with E-state index in [1.54, 1.807) is 24.3 Å². The van der Waals surface area contributed by atoms with Crippen molar-refractivity contribution in [3.63, 3.8) is 0 Å². The van der Waals surface area contributed by atoms with E-state index in [1.165, 1.54) is 7.05 Å². The Morgan fingerprint density at radius 2 is 1.71 bits per heavy atom. The van der Waals surface area contributed by atoms with E-state index in [2.05, 4.69) is 4.98 Å². The quantitative estimate of drug-likeness (QED) is 0.807. The molecule has 2 rings (SSSR count). The van der Waals surface area contributed by atoms with E-state index in [0.29, 0.717) is 10.6 Å². The van der Waals surface area contributed by atoms with Crippen molar-refractivity contribution >= 4 is 23.2 Å². The number of rotatable bonds is 1. The summed E-state index contributed by atoms with van der Waals surface area (Å²) in [5.41, 5.74) is -0.125. The van der Waals surface area contributed by atoms with E-state index < -0.39 is 11.2 Å². The molecule has 0 fully saturated rings. The Morgan fingerprint density at radius 1 is 1.12 bits per heavy atom. The van der Waals surface area contributed by atoms with Crippen LogP contribution in [0.3, 0.4) is 0 Å². The zero-order valence-electron chi connectivity index (χ0n) is 8.83. The molecule has 0 saturated carbocycles. The highest BCUT2D eigenvalue weighted by Crippen LogP contribution is 2.22. The van der Waals surface area contributed by atoms with Gasteiger partial charge in [-0.1, -0.05) is 35.3 Å². The van der Waals surface area contributed by atoms with Crippen LogP contribution in [0.4, 0.5) is 0 Å². The maximum Gasteiger partial charge on any atom is 0.329 e. The average molecular weight is 271 g/mol. The maximum absolute atomic E-state index is 11.9. The second-order valence-corrected chi connectivity index (χ2v) is 4.30. The number of hydrogen-bond acceptors (Lipinski definition) is 2. The Morgan fingerprint density at radius 3 is 2.29 bits per heavy atom. The predicted octanol–water partition coefficient (Wildman–Crippen LogP) is 2.05. The molecule has 4 nitrogen and oxygen atoms in total. The van der Waals surface area contributed by atoms with Crippen LogP contribution in [0.2, 0.25) is 10.2 Å². The third kappa shape index (κ3) is 2.14. The SMILES string of the molecule is Cn1c(=O)[nH]c(Cl)c(-c2ccc(Cl)cc2)c1=O. The van der Waals surface area contributed by atoms with Crippen molar-refractivity contribution < 1.29 is 0 Å². The Labute approximate surface area is 106 Å². The summed E-state index contributed by atoms with van der Waals surface area (Å²) >= 11 is 11.6. The van der Waals surface area contributed by atoms with Gasteiger partial charge in [-0.3, -0.25) is 14.3 Å². The molecule has 0 spiro atoms. The van der Waals surface area contributed by atoms with Crippen LogP contribution in [-0.4, -0.2) is 9.55 Å². The molecule has 1 N–H and O–H groups in total. The molecule has 1 aromatic heterocycles. The highest BCUT2D eigenvalue weighted by atomic mass is 35.5. The zero-order chi connectivity index (χ0) is 12.6. The number of aromatic nitrogens is 2. The first-order valence-corrected chi connectivity index (χ1v) is 5.51. The number of halogens is 2. The van der Waals surface area contributed by atoms with Gasteiger partial charge in [-0.05, 0) is 17.7 Å². The Bertz CT molecular complexity index is 671. The fourth-order valence-electron chi connectivity index (χ4n) is 1.46. The van der Waals surface area contributed by atoms with E-state index in [-0.39, 0.29) is 10.7 Å². The second kappa shape index (κ2) is 4.39. The molecule has 0 radical (unpaired) electrons. The van der Waals surface area contributed by atoms with Crippen LogP contribution < -0.4 is 11.2 Å². The molecule has 0 saturated heterocycles. The van der Waals surface area contributed by atoms with Gasteiger partial charge >= 0.3 is 5.69 Å². The van der Waals surface area contributed by atoms with Gasteiger partial charge in [0.2, 0.25) is 0 Å². The topological polar surface area (TPSA) is 54.9 Å². The monoisotopic (exact) mass is 270 g/mol. The number of hydrogen-bond donors (Lipinski definition) is 1. The Balaban J connectivity index is 2.76. The number of nitrogens with one attached hydrogen (secondary N) is 1. The first-order chi connectivity index (χ1) is 8.00. The van der Waals surface area contributed by atoms with Crippen LogP contribution in [0, 0.1) is 0 Å². The van der Waals surface area contributed by atoms with Gasteiger partial charge in [-0.15, -0.1) is 0 Å². The molecular weight excluding hydrogens is 263 g/mol. The lowest BCUT2D eigenvalue weighted by molar-refractivity contribution is 0.779. The average Bonchev–Trinajstić information content (AvgIpc) is 2.29. The van der Waals surface area contributed by atoms with E-state index >= 15 is 0 Å². The molecule has 88 valence electrons. The minimum Gasteiger partial charge on any atom is -0.297 e. The van der Waals surface area contributed by atoms with E-state index in [4.69, 9.17) is 23.2 Å². The van der Waals surface area contributed by atoms with Gasteiger partial charge in [0.15, 0.2) is 0 Å².